The number of rotatable bonds is 6. The van der Waals surface area contributed by atoms with Crippen molar-refractivity contribution in [1.82, 2.24) is 20.4 Å². The lowest BCUT2D eigenvalue weighted by atomic mass is 10.0. The monoisotopic (exact) mass is 332 g/mol. The van der Waals surface area contributed by atoms with E-state index in [0.29, 0.717) is 6.54 Å². The predicted octanol–water partition coefficient (Wildman–Crippen LogP) is 2.42. The molecule has 0 aliphatic carbocycles. The van der Waals surface area contributed by atoms with Crippen LogP contribution in [0.2, 0.25) is 0 Å². The first kappa shape index (κ1) is 17.1. The van der Waals surface area contributed by atoms with Gasteiger partial charge in [-0.2, -0.15) is 5.10 Å². The Labute approximate surface area is 142 Å². The zero-order valence-electron chi connectivity index (χ0n) is 14.3. The highest BCUT2D eigenvalue weighted by Crippen LogP contribution is 2.22. The SMILES string of the molecule is CC(C)(CN1CCOCC1)NCc1cn[nH]c1-c1ccc(F)cc1. The quantitative estimate of drug-likeness (QED) is 0.853. The molecule has 24 heavy (non-hydrogen) atoms. The molecule has 0 saturated carbocycles. The highest BCUT2D eigenvalue weighted by atomic mass is 19.1. The molecule has 5 nitrogen and oxygen atoms in total. The van der Waals surface area contributed by atoms with E-state index in [1.54, 1.807) is 12.1 Å². The van der Waals surface area contributed by atoms with Crippen molar-refractivity contribution in [2.24, 2.45) is 0 Å². The number of ether oxygens (including phenoxy) is 1. The van der Waals surface area contributed by atoms with Gasteiger partial charge in [0.15, 0.2) is 0 Å². The summed E-state index contributed by atoms with van der Waals surface area (Å²) in [6.07, 6.45) is 1.83. The van der Waals surface area contributed by atoms with Crippen molar-refractivity contribution < 1.29 is 9.13 Å². The molecular weight excluding hydrogens is 307 g/mol. The average Bonchev–Trinajstić information content (AvgIpc) is 3.03. The number of morpholine rings is 1. The van der Waals surface area contributed by atoms with Gasteiger partial charge in [-0.15, -0.1) is 0 Å². The third-order valence-electron chi connectivity index (χ3n) is 4.33. The van der Waals surface area contributed by atoms with Crippen molar-refractivity contribution in [1.29, 1.82) is 0 Å². The van der Waals surface area contributed by atoms with Crippen LogP contribution < -0.4 is 5.32 Å². The lowest BCUT2D eigenvalue weighted by Gasteiger charge is -2.35. The molecular formula is C18H25FN4O. The summed E-state index contributed by atoms with van der Waals surface area (Å²) in [5.74, 6) is -0.232. The van der Waals surface area contributed by atoms with E-state index in [-0.39, 0.29) is 11.4 Å². The Morgan fingerprint density at radius 2 is 1.96 bits per heavy atom. The van der Waals surface area contributed by atoms with Crippen LogP contribution in [0.25, 0.3) is 11.3 Å². The number of hydrogen-bond acceptors (Lipinski definition) is 4. The summed E-state index contributed by atoms with van der Waals surface area (Å²) in [7, 11) is 0. The summed E-state index contributed by atoms with van der Waals surface area (Å²) in [5, 5.41) is 10.8. The molecule has 1 aromatic carbocycles. The van der Waals surface area contributed by atoms with Gasteiger partial charge in [0.05, 0.1) is 25.1 Å². The third kappa shape index (κ3) is 4.41. The van der Waals surface area contributed by atoms with E-state index < -0.39 is 0 Å². The molecule has 2 N–H and O–H groups in total. The van der Waals surface area contributed by atoms with Gasteiger partial charge in [0.25, 0.3) is 0 Å². The van der Waals surface area contributed by atoms with Gasteiger partial charge in [0.1, 0.15) is 5.82 Å². The Hall–Kier alpha value is -1.76. The molecule has 0 radical (unpaired) electrons. The molecule has 1 fully saturated rings. The van der Waals surface area contributed by atoms with E-state index in [2.05, 4.69) is 34.3 Å². The predicted molar refractivity (Wildman–Crippen MR) is 92.2 cm³/mol. The normalized spacial score (nSPS) is 16.5. The standard InChI is InChI=1S/C18H25FN4O/c1-18(2,13-23-7-9-24-10-8-23)20-11-15-12-21-22-17(15)14-3-5-16(19)6-4-14/h3-6,12,20H,7-11,13H2,1-2H3,(H,21,22). The van der Waals surface area contributed by atoms with Gasteiger partial charge in [0.2, 0.25) is 0 Å². The molecule has 1 aliphatic rings. The van der Waals surface area contributed by atoms with E-state index in [9.17, 15) is 4.39 Å². The fourth-order valence-electron chi connectivity index (χ4n) is 3.02. The first-order valence-electron chi connectivity index (χ1n) is 8.37. The Bertz CT molecular complexity index is 647. The zero-order valence-corrected chi connectivity index (χ0v) is 14.3. The highest BCUT2D eigenvalue weighted by Gasteiger charge is 2.23. The van der Waals surface area contributed by atoms with Crippen LogP contribution in [0.1, 0.15) is 19.4 Å². The van der Waals surface area contributed by atoms with Crippen LogP contribution in [0.5, 0.6) is 0 Å². The highest BCUT2D eigenvalue weighted by molar-refractivity contribution is 5.62. The molecule has 1 saturated heterocycles. The maximum absolute atomic E-state index is 13.1. The summed E-state index contributed by atoms with van der Waals surface area (Å²) in [4.78, 5) is 2.42. The molecule has 6 heteroatoms. The minimum absolute atomic E-state index is 0.0192. The van der Waals surface area contributed by atoms with Crippen LogP contribution in [0.3, 0.4) is 0 Å². The smallest absolute Gasteiger partial charge is 0.123 e. The number of aromatic amines is 1. The minimum Gasteiger partial charge on any atom is -0.379 e. The lowest BCUT2D eigenvalue weighted by molar-refractivity contribution is 0.0269. The maximum atomic E-state index is 13.1. The first-order chi connectivity index (χ1) is 11.5. The molecule has 0 unspecified atom stereocenters. The van der Waals surface area contributed by atoms with Crippen molar-refractivity contribution in [3.8, 4) is 11.3 Å². The number of nitrogens with zero attached hydrogens (tertiary/aromatic N) is 2. The zero-order chi connectivity index (χ0) is 17.0. The Kier molecular flexibility index (Phi) is 5.28. The summed E-state index contributed by atoms with van der Waals surface area (Å²) < 4.78 is 18.5. The second-order valence-electron chi connectivity index (χ2n) is 6.90. The minimum atomic E-state index is -0.232. The number of H-pyrrole nitrogens is 1. The molecule has 2 aromatic rings. The fraction of sp³-hybridized carbons (Fsp3) is 0.500. The Morgan fingerprint density at radius 3 is 2.67 bits per heavy atom. The number of benzene rings is 1. The summed E-state index contributed by atoms with van der Waals surface area (Å²) in [5.41, 5.74) is 2.94. The molecule has 130 valence electrons. The molecule has 0 spiro atoms. The van der Waals surface area contributed by atoms with Crippen LogP contribution in [-0.4, -0.2) is 53.5 Å². The number of aromatic nitrogens is 2. The third-order valence-corrected chi connectivity index (χ3v) is 4.33. The van der Waals surface area contributed by atoms with Crippen LogP contribution in [0, 0.1) is 5.82 Å². The second-order valence-corrected chi connectivity index (χ2v) is 6.90. The van der Waals surface area contributed by atoms with Crippen LogP contribution in [0.15, 0.2) is 30.5 Å². The summed E-state index contributed by atoms with van der Waals surface area (Å²) in [6, 6.07) is 6.47. The average molecular weight is 332 g/mol. The Morgan fingerprint density at radius 1 is 1.25 bits per heavy atom. The van der Waals surface area contributed by atoms with Gasteiger partial charge < -0.3 is 10.1 Å². The number of halogens is 1. The summed E-state index contributed by atoms with van der Waals surface area (Å²) >= 11 is 0. The number of nitrogens with one attached hydrogen (secondary N) is 2. The van der Waals surface area contributed by atoms with Crippen LogP contribution >= 0.6 is 0 Å². The van der Waals surface area contributed by atoms with Crippen molar-refractivity contribution in [2.75, 3.05) is 32.8 Å². The van der Waals surface area contributed by atoms with Crippen molar-refractivity contribution >= 4 is 0 Å². The van der Waals surface area contributed by atoms with Crippen LogP contribution in [-0.2, 0) is 11.3 Å². The van der Waals surface area contributed by atoms with Crippen LogP contribution in [0.4, 0.5) is 4.39 Å². The summed E-state index contributed by atoms with van der Waals surface area (Å²) in [6.45, 7) is 9.69. The van der Waals surface area contributed by atoms with Crippen molar-refractivity contribution in [3.05, 3.63) is 41.8 Å². The fourth-order valence-corrected chi connectivity index (χ4v) is 3.02. The Balaban J connectivity index is 1.62. The van der Waals surface area contributed by atoms with Gasteiger partial charge in [-0.3, -0.25) is 10.00 Å². The largest absolute Gasteiger partial charge is 0.379 e. The lowest BCUT2D eigenvalue weighted by Crippen LogP contribution is -2.51. The molecule has 3 rings (SSSR count). The van der Waals surface area contributed by atoms with E-state index in [1.165, 1.54) is 12.1 Å². The molecule has 2 heterocycles. The van der Waals surface area contributed by atoms with Gasteiger partial charge in [-0.05, 0) is 38.1 Å². The van der Waals surface area contributed by atoms with Gasteiger partial charge >= 0.3 is 0 Å². The van der Waals surface area contributed by atoms with E-state index in [4.69, 9.17) is 4.74 Å². The van der Waals surface area contributed by atoms with Gasteiger partial charge in [-0.25, -0.2) is 4.39 Å². The molecule has 1 aliphatic heterocycles. The van der Waals surface area contributed by atoms with Gasteiger partial charge in [-0.1, -0.05) is 0 Å². The van der Waals surface area contributed by atoms with E-state index >= 15 is 0 Å². The molecule has 1 aromatic heterocycles. The van der Waals surface area contributed by atoms with Crippen molar-refractivity contribution in [2.45, 2.75) is 25.9 Å². The van der Waals surface area contributed by atoms with Crippen molar-refractivity contribution in [3.63, 3.8) is 0 Å². The molecule has 0 amide bonds. The first-order valence-corrected chi connectivity index (χ1v) is 8.37. The van der Waals surface area contributed by atoms with E-state index in [0.717, 1.165) is 49.7 Å². The second kappa shape index (κ2) is 7.42. The molecule has 0 atom stereocenters. The number of hydrogen-bond donors (Lipinski definition) is 2. The van der Waals surface area contributed by atoms with E-state index in [1.807, 2.05) is 6.20 Å². The molecule has 0 bridgehead atoms. The maximum Gasteiger partial charge on any atom is 0.123 e. The topological polar surface area (TPSA) is 53.2 Å². The van der Waals surface area contributed by atoms with Gasteiger partial charge in [0, 0.05) is 42.8 Å².